The predicted molar refractivity (Wildman–Crippen MR) is 110 cm³/mol. The third-order valence-corrected chi connectivity index (χ3v) is 4.75. The molecule has 1 aliphatic rings. The van der Waals surface area contributed by atoms with Crippen molar-refractivity contribution in [2.75, 3.05) is 38.1 Å². The highest BCUT2D eigenvalue weighted by Crippen LogP contribution is 2.20. The van der Waals surface area contributed by atoms with Gasteiger partial charge in [-0.15, -0.1) is 0 Å². The van der Waals surface area contributed by atoms with Gasteiger partial charge in [0, 0.05) is 38.4 Å². The first-order valence-corrected chi connectivity index (χ1v) is 9.59. The lowest BCUT2D eigenvalue weighted by Crippen LogP contribution is -2.44. The maximum atomic E-state index is 12.6. The van der Waals surface area contributed by atoms with Crippen LogP contribution in [0, 0.1) is 0 Å². The Kier molecular flexibility index (Phi) is 6.35. The normalized spacial score (nSPS) is 15.0. The first kappa shape index (κ1) is 19.2. The standard InChI is InChI=1S/C22H29N3O2/c1-17(2)27-21-7-5-4-6-20(21)22(26)23-16-18-8-10-19(11-9-18)25-14-12-24(3)13-15-25/h4-11,17H,12-16H2,1-3H3,(H,23,26). The van der Waals surface area contributed by atoms with E-state index in [4.69, 9.17) is 4.74 Å². The van der Waals surface area contributed by atoms with Gasteiger partial charge in [-0.2, -0.15) is 0 Å². The van der Waals surface area contributed by atoms with Gasteiger partial charge >= 0.3 is 0 Å². The molecule has 0 radical (unpaired) electrons. The number of hydrogen-bond donors (Lipinski definition) is 1. The van der Waals surface area contributed by atoms with E-state index in [0.29, 0.717) is 17.9 Å². The molecular formula is C22H29N3O2. The van der Waals surface area contributed by atoms with E-state index in [9.17, 15) is 4.79 Å². The SMILES string of the molecule is CC(C)Oc1ccccc1C(=O)NCc1ccc(N2CCN(C)CC2)cc1. The number of rotatable bonds is 6. The first-order chi connectivity index (χ1) is 13.0. The van der Waals surface area contributed by atoms with E-state index in [0.717, 1.165) is 31.7 Å². The minimum Gasteiger partial charge on any atom is -0.490 e. The molecule has 2 aromatic carbocycles. The van der Waals surface area contributed by atoms with Crippen molar-refractivity contribution in [2.45, 2.75) is 26.5 Å². The van der Waals surface area contributed by atoms with Gasteiger partial charge in [0.1, 0.15) is 5.75 Å². The molecule has 1 aliphatic heterocycles. The Morgan fingerprint density at radius 3 is 2.37 bits per heavy atom. The molecule has 2 aromatic rings. The number of amides is 1. The van der Waals surface area contributed by atoms with Crippen LogP contribution >= 0.6 is 0 Å². The lowest BCUT2D eigenvalue weighted by molar-refractivity contribution is 0.0945. The summed E-state index contributed by atoms with van der Waals surface area (Å²) in [5.41, 5.74) is 2.90. The summed E-state index contributed by atoms with van der Waals surface area (Å²) in [6.45, 7) is 8.70. The number of nitrogens with zero attached hydrogens (tertiary/aromatic N) is 2. The zero-order valence-corrected chi connectivity index (χ0v) is 16.4. The van der Waals surface area contributed by atoms with Crippen molar-refractivity contribution in [3.05, 3.63) is 59.7 Å². The Morgan fingerprint density at radius 2 is 1.70 bits per heavy atom. The van der Waals surface area contributed by atoms with Gasteiger partial charge in [-0.25, -0.2) is 0 Å². The first-order valence-electron chi connectivity index (χ1n) is 9.59. The fourth-order valence-electron chi connectivity index (χ4n) is 3.18. The van der Waals surface area contributed by atoms with Crippen LogP contribution in [0.25, 0.3) is 0 Å². The van der Waals surface area contributed by atoms with Crippen LogP contribution in [0.15, 0.2) is 48.5 Å². The van der Waals surface area contributed by atoms with Gasteiger partial charge in [-0.05, 0) is 50.7 Å². The molecule has 1 N–H and O–H groups in total. The molecule has 0 atom stereocenters. The molecule has 0 saturated carbocycles. The van der Waals surface area contributed by atoms with E-state index in [1.54, 1.807) is 6.07 Å². The van der Waals surface area contributed by atoms with Gasteiger partial charge in [0.2, 0.25) is 0 Å². The van der Waals surface area contributed by atoms with Gasteiger partial charge in [-0.1, -0.05) is 24.3 Å². The monoisotopic (exact) mass is 367 g/mol. The average Bonchev–Trinajstić information content (AvgIpc) is 2.67. The molecule has 0 bridgehead atoms. The number of para-hydroxylation sites is 1. The van der Waals surface area contributed by atoms with Crippen molar-refractivity contribution in [1.29, 1.82) is 0 Å². The van der Waals surface area contributed by atoms with Crippen LogP contribution in [0.1, 0.15) is 29.8 Å². The molecule has 1 fully saturated rings. The summed E-state index contributed by atoms with van der Waals surface area (Å²) in [5.74, 6) is 0.504. The number of likely N-dealkylation sites (N-methyl/N-ethyl adjacent to an activating group) is 1. The Hall–Kier alpha value is -2.53. The molecule has 1 saturated heterocycles. The summed E-state index contributed by atoms with van der Waals surface area (Å²) in [6, 6.07) is 15.8. The molecule has 0 unspecified atom stereocenters. The van der Waals surface area contributed by atoms with Crippen LogP contribution in [0.2, 0.25) is 0 Å². The van der Waals surface area contributed by atoms with Crippen molar-refractivity contribution in [2.24, 2.45) is 0 Å². The summed E-state index contributed by atoms with van der Waals surface area (Å²) in [5, 5.41) is 2.99. The van der Waals surface area contributed by atoms with Crippen LogP contribution in [0.5, 0.6) is 5.75 Å². The maximum absolute atomic E-state index is 12.6. The smallest absolute Gasteiger partial charge is 0.255 e. The molecule has 3 rings (SSSR count). The number of ether oxygens (including phenoxy) is 1. The molecule has 27 heavy (non-hydrogen) atoms. The third kappa shape index (κ3) is 5.23. The molecular weight excluding hydrogens is 338 g/mol. The lowest BCUT2D eigenvalue weighted by Gasteiger charge is -2.34. The summed E-state index contributed by atoms with van der Waals surface area (Å²) in [4.78, 5) is 17.3. The molecule has 1 amide bonds. The summed E-state index contributed by atoms with van der Waals surface area (Å²) < 4.78 is 5.74. The van der Waals surface area contributed by atoms with E-state index in [1.165, 1.54) is 5.69 Å². The van der Waals surface area contributed by atoms with E-state index in [-0.39, 0.29) is 12.0 Å². The minimum atomic E-state index is -0.116. The van der Waals surface area contributed by atoms with Gasteiger partial charge in [-0.3, -0.25) is 4.79 Å². The fourth-order valence-corrected chi connectivity index (χ4v) is 3.18. The fraction of sp³-hybridized carbons (Fsp3) is 0.409. The van der Waals surface area contributed by atoms with Gasteiger partial charge in [0.15, 0.2) is 0 Å². The second kappa shape index (κ2) is 8.91. The molecule has 1 heterocycles. The summed E-state index contributed by atoms with van der Waals surface area (Å²) in [7, 11) is 2.16. The molecule has 5 heteroatoms. The number of nitrogens with one attached hydrogen (secondary N) is 1. The number of carbonyl (C=O) groups is 1. The van der Waals surface area contributed by atoms with E-state index in [2.05, 4.69) is 46.4 Å². The van der Waals surface area contributed by atoms with Crippen LogP contribution in [0.3, 0.4) is 0 Å². The number of piperazine rings is 1. The van der Waals surface area contributed by atoms with Gasteiger partial charge < -0.3 is 19.9 Å². The molecule has 0 aliphatic carbocycles. The number of benzene rings is 2. The van der Waals surface area contributed by atoms with Crippen LogP contribution in [-0.2, 0) is 6.54 Å². The molecule has 0 aromatic heterocycles. The minimum absolute atomic E-state index is 0.0288. The van der Waals surface area contributed by atoms with Crippen LogP contribution in [-0.4, -0.2) is 50.1 Å². The molecule has 144 valence electrons. The van der Waals surface area contributed by atoms with Gasteiger partial charge in [0.25, 0.3) is 5.91 Å². The van der Waals surface area contributed by atoms with Crippen LogP contribution < -0.4 is 15.0 Å². The van der Waals surface area contributed by atoms with Crippen molar-refractivity contribution in [1.82, 2.24) is 10.2 Å². The summed E-state index contributed by atoms with van der Waals surface area (Å²) >= 11 is 0. The topological polar surface area (TPSA) is 44.8 Å². The molecule has 5 nitrogen and oxygen atoms in total. The number of anilines is 1. The third-order valence-electron chi connectivity index (χ3n) is 4.75. The lowest BCUT2D eigenvalue weighted by atomic mass is 10.1. The maximum Gasteiger partial charge on any atom is 0.255 e. The second-order valence-corrected chi connectivity index (χ2v) is 7.30. The van der Waals surface area contributed by atoms with Crippen molar-refractivity contribution >= 4 is 11.6 Å². The van der Waals surface area contributed by atoms with Crippen LogP contribution in [0.4, 0.5) is 5.69 Å². The second-order valence-electron chi connectivity index (χ2n) is 7.30. The highest BCUT2D eigenvalue weighted by molar-refractivity contribution is 5.96. The zero-order chi connectivity index (χ0) is 19.2. The van der Waals surface area contributed by atoms with Crippen molar-refractivity contribution in [3.8, 4) is 5.75 Å². The highest BCUT2D eigenvalue weighted by Gasteiger charge is 2.15. The van der Waals surface area contributed by atoms with E-state index < -0.39 is 0 Å². The zero-order valence-electron chi connectivity index (χ0n) is 16.4. The average molecular weight is 367 g/mol. The van der Waals surface area contributed by atoms with E-state index >= 15 is 0 Å². The van der Waals surface area contributed by atoms with Crippen molar-refractivity contribution in [3.63, 3.8) is 0 Å². The molecule has 0 spiro atoms. The van der Waals surface area contributed by atoms with E-state index in [1.807, 2.05) is 32.0 Å². The number of carbonyl (C=O) groups excluding carboxylic acids is 1. The Labute approximate surface area is 161 Å². The summed E-state index contributed by atoms with van der Waals surface area (Å²) in [6.07, 6.45) is 0.0288. The quantitative estimate of drug-likeness (QED) is 0.852. The number of hydrogen-bond acceptors (Lipinski definition) is 4. The van der Waals surface area contributed by atoms with Crippen molar-refractivity contribution < 1.29 is 9.53 Å². The predicted octanol–water partition coefficient (Wildman–Crippen LogP) is 3.16. The van der Waals surface area contributed by atoms with Gasteiger partial charge in [0.05, 0.1) is 11.7 Å². The Balaban J connectivity index is 1.58. The largest absolute Gasteiger partial charge is 0.490 e. The Morgan fingerprint density at radius 1 is 1.04 bits per heavy atom. The highest BCUT2D eigenvalue weighted by atomic mass is 16.5. The Bertz CT molecular complexity index is 750.